The minimum atomic E-state index is -0.267. The van der Waals surface area contributed by atoms with E-state index in [4.69, 9.17) is 9.84 Å². The molecule has 0 spiro atoms. The molecular formula is C10H15NO4. The van der Waals surface area contributed by atoms with E-state index in [1.165, 1.54) is 4.90 Å². The zero-order valence-corrected chi connectivity index (χ0v) is 8.52. The van der Waals surface area contributed by atoms with Gasteiger partial charge in [-0.3, -0.25) is 14.5 Å². The van der Waals surface area contributed by atoms with E-state index in [1.807, 2.05) is 0 Å². The molecule has 0 aromatic carbocycles. The molecule has 84 valence electrons. The second-order valence-corrected chi connectivity index (χ2v) is 4.09. The first-order valence-corrected chi connectivity index (χ1v) is 5.27. The molecule has 2 unspecified atom stereocenters. The van der Waals surface area contributed by atoms with Crippen LogP contribution in [0, 0.1) is 5.92 Å². The SMILES string of the molecule is O=C1COCC(=O)N1C1CCCC1CO. The summed E-state index contributed by atoms with van der Waals surface area (Å²) in [5.74, 6) is -0.482. The summed E-state index contributed by atoms with van der Waals surface area (Å²) in [4.78, 5) is 24.4. The highest BCUT2D eigenvalue weighted by atomic mass is 16.5. The van der Waals surface area contributed by atoms with Crippen molar-refractivity contribution in [2.45, 2.75) is 25.3 Å². The van der Waals surface area contributed by atoms with Crippen LogP contribution in [0.4, 0.5) is 0 Å². The first-order valence-electron chi connectivity index (χ1n) is 5.27. The molecule has 0 bridgehead atoms. The lowest BCUT2D eigenvalue weighted by Gasteiger charge is -2.33. The molecule has 2 rings (SSSR count). The van der Waals surface area contributed by atoms with Gasteiger partial charge >= 0.3 is 0 Å². The summed E-state index contributed by atoms with van der Waals surface area (Å²) in [5.41, 5.74) is 0. The lowest BCUT2D eigenvalue weighted by Crippen LogP contribution is -2.53. The zero-order valence-electron chi connectivity index (χ0n) is 8.52. The van der Waals surface area contributed by atoms with E-state index in [1.54, 1.807) is 0 Å². The Bertz CT molecular complexity index is 263. The molecule has 0 radical (unpaired) electrons. The van der Waals surface area contributed by atoms with Gasteiger partial charge in [-0.05, 0) is 12.8 Å². The Morgan fingerprint density at radius 2 is 1.93 bits per heavy atom. The normalized spacial score (nSPS) is 32.5. The highest BCUT2D eigenvalue weighted by Crippen LogP contribution is 2.30. The number of rotatable bonds is 2. The van der Waals surface area contributed by atoms with Crippen LogP contribution in [-0.4, -0.2) is 47.7 Å². The number of aliphatic hydroxyl groups is 1. The van der Waals surface area contributed by atoms with Crippen LogP contribution < -0.4 is 0 Å². The number of hydrogen-bond donors (Lipinski definition) is 1. The third-order valence-corrected chi connectivity index (χ3v) is 3.17. The summed E-state index contributed by atoms with van der Waals surface area (Å²) in [5, 5.41) is 9.16. The van der Waals surface area contributed by atoms with E-state index < -0.39 is 0 Å². The van der Waals surface area contributed by atoms with Gasteiger partial charge in [-0.15, -0.1) is 0 Å². The lowest BCUT2D eigenvalue weighted by atomic mass is 10.0. The Morgan fingerprint density at radius 3 is 2.53 bits per heavy atom. The van der Waals surface area contributed by atoms with Crippen molar-refractivity contribution in [2.75, 3.05) is 19.8 Å². The third kappa shape index (κ3) is 1.89. The number of aliphatic hydroxyl groups excluding tert-OH is 1. The number of nitrogens with zero attached hydrogens (tertiary/aromatic N) is 1. The van der Waals surface area contributed by atoms with Crippen LogP contribution in [0.1, 0.15) is 19.3 Å². The van der Waals surface area contributed by atoms with Gasteiger partial charge in [0.25, 0.3) is 11.8 Å². The molecule has 2 aliphatic rings. The largest absolute Gasteiger partial charge is 0.396 e. The van der Waals surface area contributed by atoms with E-state index in [-0.39, 0.29) is 43.6 Å². The van der Waals surface area contributed by atoms with Crippen LogP contribution in [0.3, 0.4) is 0 Å². The van der Waals surface area contributed by atoms with Crippen molar-refractivity contribution in [2.24, 2.45) is 5.92 Å². The van der Waals surface area contributed by atoms with Crippen LogP contribution in [-0.2, 0) is 14.3 Å². The molecule has 5 heteroatoms. The summed E-state index contributed by atoms with van der Waals surface area (Å²) >= 11 is 0. The summed E-state index contributed by atoms with van der Waals surface area (Å²) in [6.45, 7) is 0.0172. The Labute approximate surface area is 88.0 Å². The predicted molar refractivity (Wildman–Crippen MR) is 50.9 cm³/mol. The van der Waals surface area contributed by atoms with Gasteiger partial charge in [0, 0.05) is 18.6 Å². The van der Waals surface area contributed by atoms with E-state index in [0.29, 0.717) is 0 Å². The van der Waals surface area contributed by atoms with Gasteiger partial charge in [-0.2, -0.15) is 0 Å². The Hall–Kier alpha value is -0.940. The quantitative estimate of drug-likeness (QED) is 0.630. The minimum Gasteiger partial charge on any atom is -0.396 e. The maximum absolute atomic E-state index is 11.6. The Balaban J connectivity index is 2.13. The molecule has 1 heterocycles. The van der Waals surface area contributed by atoms with Crippen LogP contribution in [0.5, 0.6) is 0 Å². The summed E-state index contributed by atoms with van der Waals surface area (Å²) in [6, 6.07) is -0.112. The smallest absolute Gasteiger partial charge is 0.255 e. The van der Waals surface area contributed by atoms with Crippen LogP contribution in [0.15, 0.2) is 0 Å². The molecule has 5 nitrogen and oxygen atoms in total. The number of imide groups is 1. The number of carbonyl (C=O) groups excluding carboxylic acids is 2. The summed E-state index contributed by atoms with van der Waals surface area (Å²) in [7, 11) is 0. The van der Waals surface area contributed by atoms with E-state index in [2.05, 4.69) is 0 Å². The molecule has 1 saturated carbocycles. The molecule has 0 aromatic heterocycles. The van der Waals surface area contributed by atoms with Crippen LogP contribution in [0.2, 0.25) is 0 Å². The summed E-state index contributed by atoms with van der Waals surface area (Å²) in [6.07, 6.45) is 2.66. The first kappa shape index (κ1) is 10.6. The van der Waals surface area contributed by atoms with Crippen molar-refractivity contribution in [1.82, 2.24) is 4.90 Å². The maximum Gasteiger partial charge on any atom is 0.255 e. The second kappa shape index (κ2) is 4.28. The van der Waals surface area contributed by atoms with Gasteiger partial charge in [0.05, 0.1) is 0 Å². The highest BCUT2D eigenvalue weighted by molar-refractivity contribution is 5.98. The van der Waals surface area contributed by atoms with Crippen LogP contribution >= 0.6 is 0 Å². The van der Waals surface area contributed by atoms with Crippen molar-refractivity contribution < 1.29 is 19.4 Å². The second-order valence-electron chi connectivity index (χ2n) is 4.09. The molecule has 0 aromatic rings. The van der Waals surface area contributed by atoms with Crippen molar-refractivity contribution in [3.8, 4) is 0 Å². The highest BCUT2D eigenvalue weighted by Gasteiger charge is 2.39. The number of ether oxygens (including phenoxy) is 1. The average molecular weight is 213 g/mol. The molecule has 2 atom stereocenters. The molecule has 2 amide bonds. The maximum atomic E-state index is 11.6. The fourth-order valence-corrected chi connectivity index (χ4v) is 2.44. The molecule has 1 aliphatic carbocycles. The summed E-state index contributed by atoms with van der Waals surface area (Å²) < 4.78 is 4.85. The first-order chi connectivity index (χ1) is 7.24. The molecule has 15 heavy (non-hydrogen) atoms. The monoisotopic (exact) mass is 213 g/mol. The molecule has 2 fully saturated rings. The van der Waals surface area contributed by atoms with Gasteiger partial charge in [0.15, 0.2) is 0 Å². The standard InChI is InChI=1S/C10H15NO4/c12-4-7-2-1-3-8(7)11-9(13)5-15-6-10(11)14/h7-8,12H,1-6H2. The van der Waals surface area contributed by atoms with Gasteiger partial charge in [0.1, 0.15) is 13.2 Å². The third-order valence-electron chi connectivity index (χ3n) is 3.17. The average Bonchev–Trinajstić information content (AvgIpc) is 2.65. The molecule has 1 N–H and O–H groups in total. The Morgan fingerprint density at radius 1 is 1.27 bits per heavy atom. The van der Waals surface area contributed by atoms with Gasteiger partial charge in [-0.1, -0.05) is 6.42 Å². The number of amides is 2. The topological polar surface area (TPSA) is 66.8 Å². The number of morpholine rings is 1. The van der Waals surface area contributed by atoms with E-state index >= 15 is 0 Å². The Kier molecular flexibility index (Phi) is 3.02. The number of hydrogen-bond acceptors (Lipinski definition) is 4. The minimum absolute atomic E-state index is 0.0135. The predicted octanol–water partition coefficient (Wildman–Crippen LogP) is -0.467. The molecular weight excluding hydrogens is 198 g/mol. The fraction of sp³-hybridized carbons (Fsp3) is 0.800. The van der Waals surface area contributed by atoms with Crippen molar-refractivity contribution in [3.63, 3.8) is 0 Å². The van der Waals surface area contributed by atoms with Crippen molar-refractivity contribution >= 4 is 11.8 Å². The zero-order chi connectivity index (χ0) is 10.8. The van der Waals surface area contributed by atoms with E-state index in [0.717, 1.165) is 19.3 Å². The molecule has 1 aliphatic heterocycles. The van der Waals surface area contributed by atoms with Gasteiger partial charge in [-0.25, -0.2) is 0 Å². The fourth-order valence-electron chi connectivity index (χ4n) is 2.44. The van der Waals surface area contributed by atoms with Gasteiger partial charge in [0.2, 0.25) is 0 Å². The van der Waals surface area contributed by atoms with E-state index in [9.17, 15) is 9.59 Å². The number of carbonyl (C=O) groups is 2. The van der Waals surface area contributed by atoms with Crippen molar-refractivity contribution in [1.29, 1.82) is 0 Å². The van der Waals surface area contributed by atoms with Crippen LogP contribution in [0.25, 0.3) is 0 Å². The molecule has 1 saturated heterocycles. The van der Waals surface area contributed by atoms with Crippen molar-refractivity contribution in [3.05, 3.63) is 0 Å². The lowest BCUT2D eigenvalue weighted by molar-refractivity contribution is -0.162. The van der Waals surface area contributed by atoms with Gasteiger partial charge < -0.3 is 9.84 Å².